The molecule has 1 aliphatic heterocycles. The third-order valence-electron chi connectivity index (χ3n) is 5.04. The summed E-state index contributed by atoms with van der Waals surface area (Å²) in [6.07, 6.45) is 4.95. The first-order valence-corrected chi connectivity index (χ1v) is 9.40. The number of nitrogens with zero attached hydrogens (tertiary/aromatic N) is 4. The lowest BCUT2D eigenvalue weighted by molar-refractivity contribution is 0.377. The van der Waals surface area contributed by atoms with Crippen molar-refractivity contribution in [3.8, 4) is 0 Å². The van der Waals surface area contributed by atoms with Gasteiger partial charge >= 0.3 is 0 Å². The molecule has 2 heterocycles. The summed E-state index contributed by atoms with van der Waals surface area (Å²) in [6.45, 7) is 3.36. The number of nitrogens with one attached hydrogen (secondary N) is 1. The van der Waals surface area contributed by atoms with Crippen molar-refractivity contribution in [2.75, 3.05) is 13.6 Å². The summed E-state index contributed by atoms with van der Waals surface area (Å²) in [5.74, 6) is 1.94. The quantitative estimate of drug-likeness (QED) is 0.575. The molecular formula is C22H25N5. The van der Waals surface area contributed by atoms with Gasteiger partial charge in [-0.25, -0.2) is 4.98 Å². The number of hydrogen-bond donors (Lipinski definition) is 1. The normalized spacial score (nSPS) is 14.1. The molecule has 2 aromatic carbocycles. The minimum atomic E-state index is 0.657. The molecule has 0 aliphatic carbocycles. The molecule has 3 aromatic rings. The molecule has 0 saturated carbocycles. The van der Waals surface area contributed by atoms with Gasteiger partial charge in [0.1, 0.15) is 5.82 Å². The van der Waals surface area contributed by atoms with Crippen molar-refractivity contribution in [3.63, 3.8) is 0 Å². The van der Waals surface area contributed by atoms with Crippen molar-refractivity contribution in [3.05, 3.63) is 89.5 Å². The van der Waals surface area contributed by atoms with E-state index >= 15 is 0 Å². The molecule has 0 amide bonds. The Balaban J connectivity index is 1.40. The van der Waals surface area contributed by atoms with Crippen molar-refractivity contribution in [1.29, 1.82) is 0 Å². The van der Waals surface area contributed by atoms with Crippen LogP contribution in [0.5, 0.6) is 0 Å². The van der Waals surface area contributed by atoms with E-state index in [9.17, 15) is 0 Å². The zero-order chi connectivity index (χ0) is 18.5. The van der Waals surface area contributed by atoms with Crippen LogP contribution in [-0.2, 0) is 26.1 Å². The van der Waals surface area contributed by atoms with Gasteiger partial charge in [-0.2, -0.15) is 0 Å². The molecule has 1 aliphatic rings. The molecule has 0 unspecified atom stereocenters. The van der Waals surface area contributed by atoms with Crippen LogP contribution in [0.1, 0.15) is 22.5 Å². The summed E-state index contributed by atoms with van der Waals surface area (Å²) in [5, 5.41) is 3.49. The van der Waals surface area contributed by atoms with Gasteiger partial charge in [-0.3, -0.25) is 4.99 Å². The Labute approximate surface area is 160 Å². The van der Waals surface area contributed by atoms with Crippen molar-refractivity contribution < 1.29 is 0 Å². The van der Waals surface area contributed by atoms with E-state index in [1.54, 1.807) is 0 Å². The van der Waals surface area contributed by atoms with Crippen molar-refractivity contribution in [2.45, 2.75) is 26.1 Å². The standard InChI is InChI=1S/C22H25N5/c1-23-22(27-13-11-19-9-5-6-10-20(19)17-27)25-15-21-24-12-14-26(21)16-18-7-3-2-4-8-18/h2-10,12,14H,11,13,15-17H2,1H3,(H,23,25). The fraction of sp³-hybridized carbons (Fsp3) is 0.273. The van der Waals surface area contributed by atoms with Gasteiger partial charge in [0.15, 0.2) is 5.96 Å². The molecule has 27 heavy (non-hydrogen) atoms. The molecule has 1 N–H and O–H groups in total. The average Bonchev–Trinajstić information content (AvgIpc) is 3.16. The summed E-state index contributed by atoms with van der Waals surface area (Å²) in [5.41, 5.74) is 4.11. The van der Waals surface area contributed by atoms with Gasteiger partial charge in [-0.1, -0.05) is 54.6 Å². The predicted molar refractivity (Wildman–Crippen MR) is 109 cm³/mol. The van der Waals surface area contributed by atoms with Crippen LogP contribution < -0.4 is 5.32 Å². The second kappa shape index (κ2) is 8.08. The predicted octanol–water partition coefficient (Wildman–Crippen LogP) is 3.07. The van der Waals surface area contributed by atoms with Gasteiger partial charge in [0.2, 0.25) is 0 Å². The molecule has 4 rings (SSSR count). The van der Waals surface area contributed by atoms with Crippen LogP contribution in [0.25, 0.3) is 0 Å². The zero-order valence-corrected chi connectivity index (χ0v) is 15.7. The summed E-state index contributed by atoms with van der Waals surface area (Å²) in [4.78, 5) is 11.3. The number of rotatable bonds is 4. The second-order valence-electron chi connectivity index (χ2n) is 6.80. The first-order chi connectivity index (χ1) is 13.3. The topological polar surface area (TPSA) is 45.5 Å². The van der Waals surface area contributed by atoms with Crippen LogP contribution in [0.4, 0.5) is 0 Å². The minimum Gasteiger partial charge on any atom is -0.349 e. The maximum Gasteiger partial charge on any atom is 0.194 e. The molecule has 0 fully saturated rings. The SMILES string of the molecule is CN=C(NCc1nccn1Cc1ccccc1)N1CCc2ccccc2C1. The van der Waals surface area contributed by atoms with Crippen molar-refractivity contribution in [2.24, 2.45) is 4.99 Å². The fourth-order valence-electron chi connectivity index (χ4n) is 3.60. The molecule has 0 radical (unpaired) electrons. The highest BCUT2D eigenvalue weighted by Crippen LogP contribution is 2.18. The highest BCUT2D eigenvalue weighted by atomic mass is 15.3. The van der Waals surface area contributed by atoms with E-state index in [2.05, 4.69) is 73.3 Å². The van der Waals surface area contributed by atoms with E-state index in [4.69, 9.17) is 0 Å². The summed E-state index contributed by atoms with van der Waals surface area (Å²) >= 11 is 0. The molecule has 1 aromatic heterocycles. The van der Waals surface area contributed by atoms with E-state index < -0.39 is 0 Å². The van der Waals surface area contributed by atoms with E-state index in [1.165, 1.54) is 16.7 Å². The minimum absolute atomic E-state index is 0.657. The van der Waals surface area contributed by atoms with E-state index in [1.807, 2.05) is 25.5 Å². The molecular weight excluding hydrogens is 334 g/mol. The van der Waals surface area contributed by atoms with E-state index in [-0.39, 0.29) is 0 Å². The van der Waals surface area contributed by atoms with Gasteiger partial charge in [0.05, 0.1) is 6.54 Å². The lowest BCUT2D eigenvalue weighted by Gasteiger charge is -2.31. The molecule has 0 bridgehead atoms. The molecule has 0 atom stereocenters. The maximum atomic E-state index is 4.53. The summed E-state index contributed by atoms with van der Waals surface area (Å²) in [6, 6.07) is 19.1. The Morgan fingerprint density at radius 1 is 1.07 bits per heavy atom. The maximum absolute atomic E-state index is 4.53. The van der Waals surface area contributed by atoms with Crippen LogP contribution in [0.2, 0.25) is 0 Å². The molecule has 5 nitrogen and oxygen atoms in total. The lowest BCUT2D eigenvalue weighted by Crippen LogP contribution is -2.44. The Hall–Kier alpha value is -3.08. The summed E-state index contributed by atoms with van der Waals surface area (Å²) in [7, 11) is 1.85. The monoisotopic (exact) mass is 359 g/mol. The zero-order valence-electron chi connectivity index (χ0n) is 15.7. The fourth-order valence-corrected chi connectivity index (χ4v) is 3.60. The van der Waals surface area contributed by atoms with E-state index in [0.29, 0.717) is 6.54 Å². The Bertz CT molecular complexity index is 913. The Morgan fingerprint density at radius 3 is 2.67 bits per heavy atom. The first-order valence-electron chi connectivity index (χ1n) is 9.40. The van der Waals surface area contributed by atoms with Gasteiger partial charge in [-0.05, 0) is 23.1 Å². The van der Waals surface area contributed by atoms with Crippen LogP contribution >= 0.6 is 0 Å². The molecule has 138 valence electrons. The number of aliphatic imine (C=N–C) groups is 1. The second-order valence-corrected chi connectivity index (χ2v) is 6.80. The number of aromatic nitrogens is 2. The average molecular weight is 359 g/mol. The lowest BCUT2D eigenvalue weighted by atomic mass is 10.0. The van der Waals surface area contributed by atoms with Crippen LogP contribution in [0.3, 0.4) is 0 Å². The van der Waals surface area contributed by atoms with Crippen LogP contribution in [0.15, 0.2) is 72.0 Å². The van der Waals surface area contributed by atoms with Gasteiger partial charge in [0, 0.05) is 39.1 Å². The summed E-state index contributed by atoms with van der Waals surface area (Å²) < 4.78 is 2.18. The largest absolute Gasteiger partial charge is 0.349 e. The number of hydrogen-bond acceptors (Lipinski definition) is 2. The van der Waals surface area contributed by atoms with Crippen LogP contribution in [0, 0.1) is 0 Å². The Morgan fingerprint density at radius 2 is 1.85 bits per heavy atom. The smallest absolute Gasteiger partial charge is 0.194 e. The highest BCUT2D eigenvalue weighted by molar-refractivity contribution is 5.80. The Kier molecular flexibility index (Phi) is 5.19. The first kappa shape index (κ1) is 17.3. The number of imidazole rings is 1. The third kappa shape index (κ3) is 4.03. The van der Waals surface area contributed by atoms with E-state index in [0.717, 1.165) is 37.8 Å². The van der Waals surface area contributed by atoms with Gasteiger partial charge in [0.25, 0.3) is 0 Å². The van der Waals surface area contributed by atoms with Crippen molar-refractivity contribution in [1.82, 2.24) is 19.8 Å². The van der Waals surface area contributed by atoms with Crippen molar-refractivity contribution >= 4 is 5.96 Å². The number of benzene rings is 2. The van der Waals surface area contributed by atoms with Gasteiger partial charge < -0.3 is 14.8 Å². The number of guanidine groups is 1. The third-order valence-corrected chi connectivity index (χ3v) is 5.04. The molecule has 5 heteroatoms. The van der Waals surface area contributed by atoms with Crippen LogP contribution in [-0.4, -0.2) is 34.0 Å². The molecule has 0 saturated heterocycles. The highest BCUT2D eigenvalue weighted by Gasteiger charge is 2.18. The van der Waals surface area contributed by atoms with Gasteiger partial charge in [-0.15, -0.1) is 0 Å². The molecule has 0 spiro atoms. The number of fused-ring (bicyclic) bond motifs is 1.